The van der Waals surface area contributed by atoms with E-state index in [9.17, 15) is 4.79 Å². The number of methoxy groups -OCH3 is 1. The predicted octanol–water partition coefficient (Wildman–Crippen LogP) is 1.38. The number of hydrogen-bond donors (Lipinski definition) is 1. The van der Waals surface area contributed by atoms with Gasteiger partial charge < -0.3 is 19.5 Å². The third-order valence-electron chi connectivity index (χ3n) is 2.82. The van der Waals surface area contributed by atoms with Gasteiger partial charge in [-0.15, -0.1) is 0 Å². The molecule has 0 spiro atoms. The number of urea groups is 1. The Bertz CT molecular complexity index is 392. The van der Waals surface area contributed by atoms with Crippen LogP contribution < -0.4 is 5.32 Å². The molecule has 108 valence electrons. The summed E-state index contributed by atoms with van der Waals surface area (Å²) in [5.41, 5.74) is 0. The topological polar surface area (TPSA) is 59.4 Å². The van der Waals surface area contributed by atoms with Crippen LogP contribution in [0.5, 0.6) is 0 Å². The van der Waals surface area contributed by atoms with Crippen LogP contribution in [0, 0.1) is 0 Å². The standard InChI is InChI=1S/C13H24N4O2/c1-5-7-17(9-12-14-6-8-16(12)3)13(18)15-11(2)10-19-4/h6,8,11H,5,7,9-10H2,1-4H3,(H,15,18)/t11-/m1/s1. The van der Waals surface area contributed by atoms with Gasteiger partial charge in [-0.3, -0.25) is 0 Å². The summed E-state index contributed by atoms with van der Waals surface area (Å²) < 4.78 is 6.94. The van der Waals surface area contributed by atoms with E-state index in [1.807, 2.05) is 24.7 Å². The summed E-state index contributed by atoms with van der Waals surface area (Å²) in [5, 5.41) is 2.92. The number of nitrogens with one attached hydrogen (secondary N) is 1. The van der Waals surface area contributed by atoms with Crippen molar-refractivity contribution in [1.29, 1.82) is 0 Å². The molecule has 0 saturated carbocycles. The average Bonchev–Trinajstić information content (AvgIpc) is 2.74. The maximum Gasteiger partial charge on any atom is 0.318 e. The van der Waals surface area contributed by atoms with Gasteiger partial charge in [0, 0.05) is 33.1 Å². The molecule has 6 heteroatoms. The van der Waals surface area contributed by atoms with Crippen molar-refractivity contribution in [2.24, 2.45) is 7.05 Å². The van der Waals surface area contributed by atoms with E-state index in [-0.39, 0.29) is 12.1 Å². The molecule has 1 rings (SSSR count). The average molecular weight is 268 g/mol. The van der Waals surface area contributed by atoms with Gasteiger partial charge in [0.05, 0.1) is 19.2 Å². The van der Waals surface area contributed by atoms with E-state index in [1.165, 1.54) is 0 Å². The zero-order chi connectivity index (χ0) is 14.3. The predicted molar refractivity (Wildman–Crippen MR) is 73.8 cm³/mol. The molecule has 0 fully saturated rings. The van der Waals surface area contributed by atoms with Crippen molar-refractivity contribution in [2.75, 3.05) is 20.3 Å². The van der Waals surface area contributed by atoms with Crippen molar-refractivity contribution in [2.45, 2.75) is 32.9 Å². The van der Waals surface area contributed by atoms with Gasteiger partial charge >= 0.3 is 6.03 Å². The van der Waals surface area contributed by atoms with E-state index in [4.69, 9.17) is 4.74 Å². The first-order valence-corrected chi connectivity index (χ1v) is 6.59. The fourth-order valence-corrected chi connectivity index (χ4v) is 1.84. The van der Waals surface area contributed by atoms with E-state index in [0.29, 0.717) is 19.7 Å². The number of ether oxygens (including phenoxy) is 1. The molecule has 19 heavy (non-hydrogen) atoms. The molecule has 6 nitrogen and oxygen atoms in total. The molecular formula is C13H24N4O2. The molecule has 1 aromatic rings. The number of carbonyl (C=O) groups excluding carboxylic acids is 1. The summed E-state index contributed by atoms with van der Waals surface area (Å²) in [6.45, 7) is 5.71. The largest absolute Gasteiger partial charge is 0.383 e. The van der Waals surface area contributed by atoms with Crippen LogP contribution in [0.3, 0.4) is 0 Å². The Morgan fingerprint density at radius 3 is 2.89 bits per heavy atom. The normalized spacial score (nSPS) is 12.2. The molecule has 0 aliphatic heterocycles. The lowest BCUT2D eigenvalue weighted by molar-refractivity contribution is 0.157. The summed E-state index contributed by atoms with van der Waals surface area (Å²) >= 11 is 0. The number of nitrogens with zero attached hydrogens (tertiary/aromatic N) is 3. The quantitative estimate of drug-likeness (QED) is 0.812. The maximum atomic E-state index is 12.2. The Morgan fingerprint density at radius 1 is 1.63 bits per heavy atom. The SMILES string of the molecule is CCCN(Cc1nccn1C)C(=O)N[C@H](C)COC. The van der Waals surface area contributed by atoms with Crippen molar-refractivity contribution in [3.05, 3.63) is 18.2 Å². The zero-order valence-corrected chi connectivity index (χ0v) is 12.2. The summed E-state index contributed by atoms with van der Waals surface area (Å²) in [6, 6.07) is -0.0763. The van der Waals surface area contributed by atoms with Gasteiger partial charge in [-0.1, -0.05) is 6.92 Å². The zero-order valence-electron chi connectivity index (χ0n) is 12.2. The smallest absolute Gasteiger partial charge is 0.318 e. The Labute approximate surface area is 114 Å². The fourth-order valence-electron chi connectivity index (χ4n) is 1.84. The summed E-state index contributed by atoms with van der Waals surface area (Å²) in [6.07, 6.45) is 4.53. The van der Waals surface area contributed by atoms with Crippen molar-refractivity contribution < 1.29 is 9.53 Å². The van der Waals surface area contributed by atoms with Crippen LogP contribution in [-0.4, -0.2) is 46.8 Å². The number of carbonyl (C=O) groups is 1. The Balaban J connectivity index is 2.61. The number of hydrogen-bond acceptors (Lipinski definition) is 3. The lowest BCUT2D eigenvalue weighted by Gasteiger charge is -2.24. The van der Waals surface area contributed by atoms with Crippen molar-refractivity contribution in [3.63, 3.8) is 0 Å². The van der Waals surface area contributed by atoms with E-state index in [2.05, 4.69) is 17.2 Å². The number of rotatable bonds is 7. The van der Waals surface area contributed by atoms with Crippen LogP contribution in [0.4, 0.5) is 4.79 Å². The number of aryl methyl sites for hydroxylation is 1. The highest BCUT2D eigenvalue weighted by Crippen LogP contribution is 2.03. The molecule has 0 aliphatic carbocycles. The van der Waals surface area contributed by atoms with Crippen LogP contribution in [0.25, 0.3) is 0 Å². The van der Waals surface area contributed by atoms with Gasteiger partial charge in [-0.05, 0) is 13.3 Å². The highest BCUT2D eigenvalue weighted by molar-refractivity contribution is 5.74. The minimum absolute atomic E-state index is 0.00164. The van der Waals surface area contributed by atoms with Gasteiger partial charge in [-0.2, -0.15) is 0 Å². The van der Waals surface area contributed by atoms with Gasteiger partial charge in [0.2, 0.25) is 0 Å². The highest BCUT2D eigenvalue weighted by Gasteiger charge is 2.16. The van der Waals surface area contributed by atoms with Crippen molar-refractivity contribution in [1.82, 2.24) is 19.8 Å². The molecule has 0 radical (unpaired) electrons. The molecule has 2 amide bonds. The second-order valence-electron chi connectivity index (χ2n) is 4.68. The Hall–Kier alpha value is -1.56. The molecule has 0 aromatic carbocycles. The summed E-state index contributed by atoms with van der Waals surface area (Å²) in [7, 11) is 3.55. The monoisotopic (exact) mass is 268 g/mol. The van der Waals surface area contributed by atoms with Crippen molar-refractivity contribution >= 4 is 6.03 Å². The number of amides is 2. The van der Waals surface area contributed by atoms with Gasteiger partial charge in [0.15, 0.2) is 0 Å². The first-order valence-electron chi connectivity index (χ1n) is 6.59. The van der Waals surface area contributed by atoms with E-state index >= 15 is 0 Å². The first-order chi connectivity index (χ1) is 9.08. The molecule has 1 N–H and O–H groups in total. The van der Waals surface area contributed by atoms with Gasteiger partial charge in [0.1, 0.15) is 5.82 Å². The molecule has 0 saturated heterocycles. The summed E-state index contributed by atoms with van der Waals surface area (Å²) in [4.78, 5) is 18.2. The Kier molecular flexibility index (Phi) is 6.35. The first kappa shape index (κ1) is 15.5. The third-order valence-corrected chi connectivity index (χ3v) is 2.82. The number of aromatic nitrogens is 2. The minimum Gasteiger partial charge on any atom is -0.383 e. The second-order valence-corrected chi connectivity index (χ2v) is 4.68. The lowest BCUT2D eigenvalue weighted by atomic mass is 10.3. The molecule has 1 atom stereocenters. The summed E-state index contributed by atoms with van der Waals surface area (Å²) in [5.74, 6) is 0.878. The Morgan fingerprint density at radius 2 is 2.37 bits per heavy atom. The molecule has 1 heterocycles. The molecule has 0 unspecified atom stereocenters. The van der Waals surface area contributed by atoms with Crippen LogP contribution in [0.1, 0.15) is 26.1 Å². The fraction of sp³-hybridized carbons (Fsp3) is 0.692. The number of imidazole rings is 1. The lowest BCUT2D eigenvalue weighted by Crippen LogP contribution is -2.45. The van der Waals surface area contributed by atoms with Crippen LogP contribution in [-0.2, 0) is 18.3 Å². The molecule has 0 aliphatic rings. The van der Waals surface area contributed by atoms with Crippen LogP contribution >= 0.6 is 0 Å². The van der Waals surface area contributed by atoms with E-state index in [1.54, 1.807) is 18.2 Å². The van der Waals surface area contributed by atoms with Crippen LogP contribution in [0.2, 0.25) is 0 Å². The van der Waals surface area contributed by atoms with Gasteiger partial charge in [-0.25, -0.2) is 9.78 Å². The van der Waals surface area contributed by atoms with Crippen molar-refractivity contribution in [3.8, 4) is 0 Å². The molecular weight excluding hydrogens is 244 g/mol. The second kappa shape index (κ2) is 7.78. The third kappa shape index (κ3) is 4.90. The van der Waals surface area contributed by atoms with E-state index < -0.39 is 0 Å². The van der Waals surface area contributed by atoms with E-state index in [0.717, 1.165) is 12.2 Å². The maximum absolute atomic E-state index is 12.2. The highest BCUT2D eigenvalue weighted by atomic mass is 16.5. The minimum atomic E-state index is -0.0746. The molecule has 0 bridgehead atoms. The van der Waals surface area contributed by atoms with Gasteiger partial charge in [0.25, 0.3) is 0 Å². The molecule has 1 aromatic heterocycles. The van der Waals surface area contributed by atoms with Crippen LogP contribution in [0.15, 0.2) is 12.4 Å².